The van der Waals surface area contributed by atoms with Crippen molar-refractivity contribution in [2.75, 3.05) is 35.7 Å². The predicted molar refractivity (Wildman–Crippen MR) is 123 cm³/mol. The largest absolute Gasteiger partial charge is 0.370 e. The number of rotatable bonds is 7. The van der Waals surface area contributed by atoms with Crippen LogP contribution >= 0.6 is 0 Å². The van der Waals surface area contributed by atoms with Crippen molar-refractivity contribution in [1.29, 1.82) is 0 Å². The summed E-state index contributed by atoms with van der Waals surface area (Å²) >= 11 is 0. The second-order valence-corrected chi connectivity index (χ2v) is 10.7. The molecule has 190 valence electrons. The summed E-state index contributed by atoms with van der Waals surface area (Å²) in [6.45, 7) is 3.40. The molecule has 1 unspecified atom stereocenters. The fourth-order valence-electron chi connectivity index (χ4n) is 4.12. The summed E-state index contributed by atoms with van der Waals surface area (Å²) in [4.78, 5) is 38.1. The highest BCUT2D eigenvalue weighted by atomic mass is 32.2. The van der Waals surface area contributed by atoms with Gasteiger partial charge in [0.2, 0.25) is 5.91 Å². The number of allylic oxidation sites excluding steroid dienone is 2. The molecule has 0 spiro atoms. The van der Waals surface area contributed by atoms with Crippen molar-refractivity contribution in [2.24, 2.45) is 0 Å². The number of hydrogen-bond donors (Lipinski definition) is 2. The van der Waals surface area contributed by atoms with E-state index < -0.39 is 61.9 Å². The van der Waals surface area contributed by atoms with Crippen LogP contribution in [0.3, 0.4) is 0 Å². The van der Waals surface area contributed by atoms with Gasteiger partial charge in [-0.2, -0.15) is 0 Å². The number of urea groups is 1. The molecule has 0 aromatic heterocycles. The number of nitrogens with one attached hydrogen (secondary N) is 2. The average Bonchev–Trinajstić information content (AvgIpc) is 3.26. The summed E-state index contributed by atoms with van der Waals surface area (Å²) in [7, 11) is -3.30. The minimum atomic E-state index is -3.30. The van der Waals surface area contributed by atoms with Crippen molar-refractivity contribution in [3.8, 4) is 0 Å². The number of carbonyl (C=O) groups is 3. The molecule has 1 aromatic carbocycles. The van der Waals surface area contributed by atoms with Crippen LogP contribution in [-0.4, -0.2) is 63.8 Å². The molecule has 2 fully saturated rings. The zero-order valence-corrected chi connectivity index (χ0v) is 19.7. The van der Waals surface area contributed by atoms with E-state index in [2.05, 4.69) is 17.2 Å². The maximum absolute atomic E-state index is 15.0. The smallest absolute Gasteiger partial charge is 0.319 e. The van der Waals surface area contributed by atoms with Crippen LogP contribution in [0.2, 0.25) is 0 Å². The molecule has 2 N–H and O–H groups in total. The number of carbonyl (C=O) groups excluding carboxylic acids is 3. The number of amides is 3. The fraction of sp³-hybridized carbons (Fsp3) is 0.409. The Bertz CT molecular complexity index is 1160. The molecule has 0 bridgehead atoms. The summed E-state index contributed by atoms with van der Waals surface area (Å²) in [5.41, 5.74) is -0.914. The maximum atomic E-state index is 15.0. The van der Waals surface area contributed by atoms with Gasteiger partial charge >= 0.3 is 6.03 Å². The standard InChI is InChI=1S/C22H25F3N4O5S/c1-13(23)18(6-9-30)26-22(32)27-19-4-3-7-29(21(19)31)20-16(24)10-14(11-17(20)25)28-8-5-15(12-28)35(2,33)34/h6,9-11,15,19H,1,3-5,7-8,12H2,2H3,(H2,26,27,32)/b18-6+/t15?,19-/m1/s1. The van der Waals surface area contributed by atoms with Crippen molar-refractivity contribution in [1.82, 2.24) is 10.6 Å². The molecular weight excluding hydrogens is 489 g/mol. The number of hydrogen-bond acceptors (Lipinski definition) is 6. The van der Waals surface area contributed by atoms with E-state index in [9.17, 15) is 27.2 Å². The van der Waals surface area contributed by atoms with Gasteiger partial charge in [0, 0.05) is 37.7 Å². The van der Waals surface area contributed by atoms with E-state index >= 15 is 8.78 Å². The first-order chi connectivity index (χ1) is 16.4. The first kappa shape index (κ1) is 26.3. The quantitative estimate of drug-likeness (QED) is 0.327. The molecule has 0 aliphatic carbocycles. The van der Waals surface area contributed by atoms with Gasteiger partial charge in [-0.3, -0.25) is 9.59 Å². The van der Waals surface area contributed by atoms with E-state index in [1.165, 1.54) is 0 Å². The molecule has 0 saturated carbocycles. The van der Waals surface area contributed by atoms with Crippen LogP contribution < -0.4 is 20.4 Å². The Morgan fingerprint density at radius 3 is 2.40 bits per heavy atom. The van der Waals surface area contributed by atoms with Gasteiger partial charge in [0.1, 0.15) is 23.8 Å². The number of nitrogens with zero attached hydrogens (tertiary/aromatic N) is 2. The van der Waals surface area contributed by atoms with Gasteiger partial charge in [0.05, 0.1) is 10.9 Å². The minimum absolute atomic E-state index is 0.00324. The highest BCUT2D eigenvalue weighted by Crippen LogP contribution is 2.33. The molecular formula is C22H25F3N4O5S. The lowest BCUT2D eigenvalue weighted by Gasteiger charge is -2.33. The zero-order chi connectivity index (χ0) is 25.9. The van der Waals surface area contributed by atoms with E-state index in [1.54, 1.807) is 4.90 Å². The average molecular weight is 515 g/mol. The summed E-state index contributed by atoms with van der Waals surface area (Å²) in [5.74, 6) is -3.86. The first-order valence-corrected chi connectivity index (χ1v) is 12.7. The Kier molecular flexibility index (Phi) is 7.88. The van der Waals surface area contributed by atoms with Gasteiger partial charge in [-0.05, 0) is 31.4 Å². The molecule has 35 heavy (non-hydrogen) atoms. The Morgan fingerprint density at radius 2 is 1.86 bits per heavy atom. The fourth-order valence-corrected chi connectivity index (χ4v) is 5.10. The normalized spacial score (nSPS) is 21.1. The molecule has 2 atom stereocenters. The lowest BCUT2D eigenvalue weighted by molar-refractivity contribution is -0.121. The van der Waals surface area contributed by atoms with Crippen molar-refractivity contribution in [3.05, 3.63) is 47.9 Å². The number of piperidine rings is 1. The summed E-state index contributed by atoms with van der Waals surface area (Å²) in [5, 5.41) is 3.73. The second-order valence-electron chi connectivity index (χ2n) is 8.35. The van der Waals surface area contributed by atoms with Gasteiger partial charge in [0.25, 0.3) is 0 Å². The minimum Gasteiger partial charge on any atom is -0.370 e. The Balaban J connectivity index is 1.75. The molecule has 3 amide bonds. The molecule has 2 aliphatic heterocycles. The van der Waals surface area contributed by atoms with Crippen LogP contribution in [0.4, 0.5) is 29.3 Å². The summed E-state index contributed by atoms with van der Waals surface area (Å²) in [6, 6.07) is -0.0584. The lowest BCUT2D eigenvalue weighted by atomic mass is 10.0. The van der Waals surface area contributed by atoms with Gasteiger partial charge in [-0.25, -0.2) is 26.4 Å². The van der Waals surface area contributed by atoms with E-state index in [1.807, 2.05) is 0 Å². The van der Waals surface area contributed by atoms with Crippen molar-refractivity contribution < 1.29 is 36.0 Å². The molecule has 0 radical (unpaired) electrons. The van der Waals surface area contributed by atoms with Crippen molar-refractivity contribution in [3.63, 3.8) is 0 Å². The Hall–Kier alpha value is -3.35. The van der Waals surface area contributed by atoms with Crippen molar-refractivity contribution in [2.45, 2.75) is 30.6 Å². The van der Waals surface area contributed by atoms with E-state index in [0.29, 0.717) is 19.4 Å². The Morgan fingerprint density at radius 1 is 1.20 bits per heavy atom. The monoisotopic (exact) mass is 514 g/mol. The highest BCUT2D eigenvalue weighted by molar-refractivity contribution is 7.91. The zero-order valence-electron chi connectivity index (χ0n) is 18.9. The van der Waals surface area contributed by atoms with Gasteiger partial charge in [-0.15, -0.1) is 0 Å². The summed E-state index contributed by atoms with van der Waals surface area (Å²) < 4.78 is 66.9. The Labute approximate surface area is 200 Å². The predicted octanol–water partition coefficient (Wildman–Crippen LogP) is 1.95. The number of benzene rings is 1. The second kappa shape index (κ2) is 10.5. The third-order valence-corrected chi connectivity index (χ3v) is 7.50. The first-order valence-electron chi connectivity index (χ1n) is 10.7. The molecule has 2 aliphatic rings. The van der Waals surface area contributed by atoms with Crippen LogP contribution in [-0.2, 0) is 19.4 Å². The maximum Gasteiger partial charge on any atom is 0.319 e. The van der Waals surface area contributed by atoms with Crippen LogP contribution in [0, 0.1) is 11.6 Å². The number of halogens is 3. The molecule has 1 aromatic rings. The molecule has 2 heterocycles. The molecule has 3 rings (SSSR count). The third kappa shape index (κ3) is 6.02. The van der Waals surface area contributed by atoms with Crippen LogP contribution in [0.15, 0.2) is 36.3 Å². The molecule has 13 heteroatoms. The van der Waals surface area contributed by atoms with Gasteiger partial charge in [0.15, 0.2) is 21.5 Å². The lowest BCUT2D eigenvalue weighted by Crippen LogP contribution is -2.54. The van der Waals surface area contributed by atoms with Crippen LogP contribution in [0.1, 0.15) is 19.3 Å². The summed E-state index contributed by atoms with van der Waals surface area (Å²) in [6.07, 6.45) is 2.92. The highest BCUT2D eigenvalue weighted by Gasteiger charge is 2.35. The third-order valence-electron chi connectivity index (χ3n) is 5.91. The SMILES string of the molecule is C=C(F)/C(=C\C=O)NC(=O)N[C@@H]1CCCN(c2c(F)cc(N3CCC(S(C)(=O)=O)C3)cc2F)C1=O. The van der Waals surface area contributed by atoms with E-state index in [0.717, 1.165) is 29.4 Å². The van der Waals surface area contributed by atoms with Gasteiger partial charge in [-0.1, -0.05) is 6.58 Å². The molecule has 2 saturated heterocycles. The van der Waals surface area contributed by atoms with E-state index in [4.69, 9.17) is 0 Å². The van der Waals surface area contributed by atoms with E-state index in [-0.39, 0.29) is 31.5 Å². The number of aldehydes is 1. The van der Waals surface area contributed by atoms with Crippen LogP contribution in [0.25, 0.3) is 0 Å². The molecule has 9 nitrogen and oxygen atoms in total. The number of sulfone groups is 1. The van der Waals surface area contributed by atoms with Crippen molar-refractivity contribution >= 4 is 39.4 Å². The van der Waals surface area contributed by atoms with Crippen LogP contribution in [0.5, 0.6) is 0 Å². The topological polar surface area (TPSA) is 116 Å². The van der Waals surface area contributed by atoms with Gasteiger partial charge < -0.3 is 20.4 Å². The number of anilines is 2.